The van der Waals surface area contributed by atoms with Crippen molar-refractivity contribution < 1.29 is 14.8 Å². The summed E-state index contributed by atoms with van der Waals surface area (Å²) in [6, 6.07) is 6.18. The van der Waals surface area contributed by atoms with Crippen LogP contribution in [0.25, 0.3) is 11.8 Å². The predicted octanol–water partition coefficient (Wildman–Crippen LogP) is 2.19. The summed E-state index contributed by atoms with van der Waals surface area (Å²) < 4.78 is 1.41. The molecular formula is C13H11N3O4. The molecule has 0 radical (unpaired) electrons. The quantitative estimate of drug-likeness (QED) is 0.523. The van der Waals surface area contributed by atoms with Crippen molar-refractivity contribution >= 4 is 17.7 Å². The third-order valence-electron chi connectivity index (χ3n) is 2.58. The SMILES string of the molecule is Cc1ccn(-c2ccc(C=CC(=O)O)cc2[N+](=O)[O-])n1. The fourth-order valence-corrected chi connectivity index (χ4v) is 1.70. The minimum absolute atomic E-state index is 0.138. The molecule has 0 atom stereocenters. The van der Waals surface area contributed by atoms with Gasteiger partial charge in [0.15, 0.2) is 0 Å². The highest BCUT2D eigenvalue weighted by Gasteiger charge is 2.16. The largest absolute Gasteiger partial charge is 0.478 e. The number of benzene rings is 1. The molecule has 0 aliphatic rings. The van der Waals surface area contributed by atoms with Crippen molar-refractivity contribution in [1.82, 2.24) is 9.78 Å². The molecule has 7 nitrogen and oxygen atoms in total. The van der Waals surface area contributed by atoms with E-state index in [2.05, 4.69) is 5.10 Å². The second-order valence-corrected chi connectivity index (χ2v) is 4.08. The lowest BCUT2D eigenvalue weighted by atomic mass is 10.1. The van der Waals surface area contributed by atoms with Crippen molar-refractivity contribution in [2.45, 2.75) is 6.92 Å². The van der Waals surface area contributed by atoms with Gasteiger partial charge in [0.25, 0.3) is 5.69 Å². The highest BCUT2D eigenvalue weighted by molar-refractivity contribution is 5.85. The van der Waals surface area contributed by atoms with E-state index in [-0.39, 0.29) is 5.69 Å². The molecule has 0 bridgehead atoms. The van der Waals surface area contributed by atoms with E-state index in [1.807, 2.05) is 0 Å². The summed E-state index contributed by atoms with van der Waals surface area (Å²) in [6.45, 7) is 1.78. The Hall–Kier alpha value is -2.96. The summed E-state index contributed by atoms with van der Waals surface area (Å²) >= 11 is 0. The number of aryl methyl sites for hydroxylation is 1. The van der Waals surface area contributed by atoms with E-state index in [4.69, 9.17) is 5.11 Å². The lowest BCUT2D eigenvalue weighted by Gasteiger charge is -2.04. The summed E-state index contributed by atoms with van der Waals surface area (Å²) in [5.41, 5.74) is 1.37. The van der Waals surface area contributed by atoms with Crippen LogP contribution in [0.2, 0.25) is 0 Å². The number of rotatable bonds is 4. The highest BCUT2D eigenvalue weighted by Crippen LogP contribution is 2.24. The first-order chi connectivity index (χ1) is 9.47. The Kier molecular flexibility index (Phi) is 3.60. The van der Waals surface area contributed by atoms with Crippen molar-refractivity contribution in [3.63, 3.8) is 0 Å². The molecule has 1 aromatic heterocycles. The van der Waals surface area contributed by atoms with Crippen LogP contribution in [-0.4, -0.2) is 25.8 Å². The zero-order valence-corrected chi connectivity index (χ0v) is 10.6. The molecule has 0 unspecified atom stereocenters. The number of hydrogen-bond acceptors (Lipinski definition) is 4. The minimum Gasteiger partial charge on any atom is -0.478 e. The molecule has 0 saturated heterocycles. The molecule has 7 heteroatoms. The van der Waals surface area contributed by atoms with E-state index < -0.39 is 10.9 Å². The van der Waals surface area contributed by atoms with E-state index in [1.54, 1.807) is 25.3 Å². The van der Waals surface area contributed by atoms with Crippen LogP contribution in [-0.2, 0) is 4.79 Å². The summed E-state index contributed by atoms with van der Waals surface area (Å²) in [7, 11) is 0. The lowest BCUT2D eigenvalue weighted by molar-refractivity contribution is -0.384. The summed E-state index contributed by atoms with van der Waals surface area (Å²) in [6.07, 6.45) is 3.86. The molecule has 0 spiro atoms. The average Bonchev–Trinajstić information content (AvgIpc) is 2.82. The summed E-state index contributed by atoms with van der Waals surface area (Å²) in [4.78, 5) is 21.0. The van der Waals surface area contributed by atoms with Crippen LogP contribution in [0.5, 0.6) is 0 Å². The maximum atomic E-state index is 11.1. The fraction of sp³-hybridized carbons (Fsp3) is 0.0769. The van der Waals surface area contributed by atoms with Crippen LogP contribution < -0.4 is 0 Å². The Bertz CT molecular complexity index is 703. The van der Waals surface area contributed by atoms with Gasteiger partial charge in [0.05, 0.1) is 10.6 Å². The molecule has 1 aromatic carbocycles. The molecule has 2 aromatic rings. The van der Waals surface area contributed by atoms with E-state index >= 15 is 0 Å². The Labute approximate surface area is 113 Å². The van der Waals surface area contributed by atoms with Gasteiger partial charge in [0, 0.05) is 18.3 Å². The van der Waals surface area contributed by atoms with Gasteiger partial charge in [-0.15, -0.1) is 0 Å². The molecule has 0 aliphatic carbocycles. The van der Waals surface area contributed by atoms with Gasteiger partial charge in [-0.1, -0.05) is 6.07 Å². The van der Waals surface area contributed by atoms with Gasteiger partial charge < -0.3 is 5.11 Å². The van der Waals surface area contributed by atoms with Crippen molar-refractivity contribution in [3.05, 3.63) is 57.9 Å². The normalized spacial score (nSPS) is 10.8. The number of carboxylic acids is 1. The highest BCUT2D eigenvalue weighted by atomic mass is 16.6. The number of aliphatic carboxylic acids is 1. The van der Waals surface area contributed by atoms with Gasteiger partial charge in [-0.25, -0.2) is 9.48 Å². The predicted molar refractivity (Wildman–Crippen MR) is 71.6 cm³/mol. The summed E-state index contributed by atoms with van der Waals surface area (Å²) in [5, 5.41) is 23.8. The van der Waals surface area contributed by atoms with Gasteiger partial charge in [0.2, 0.25) is 0 Å². The van der Waals surface area contributed by atoms with Crippen LogP contribution in [0.15, 0.2) is 36.5 Å². The fourth-order valence-electron chi connectivity index (χ4n) is 1.70. The van der Waals surface area contributed by atoms with Crippen LogP contribution in [0.3, 0.4) is 0 Å². The molecule has 0 saturated carbocycles. The second kappa shape index (κ2) is 5.35. The number of nitro benzene ring substituents is 1. The third-order valence-corrected chi connectivity index (χ3v) is 2.58. The Balaban J connectivity index is 2.49. The van der Waals surface area contributed by atoms with Crippen molar-refractivity contribution in [1.29, 1.82) is 0 Å². The smallest absolute Gasteiger partial charge is 0.328 e. The maximum Gasteiger partial charge on any atom is 0.328 e. The lowest BCUT2D eigenvalue weighted by Crippen LogP contribution is -2.01. The first-order valence-electron chi connectivity index (χ1n) is 5.69. The molecular weight excluding hydrogens is 262 g/mol. The summed E-state index contributed by atoms with van der Waals surface area (Å²) in [5.74, 6) is -1.11. The van der Waals surface area contributed by atoms with Gasteiger partial charge in [0.1, 0.15) is 5.69 Å². The minimum atomic E-state index is -1.11. The van der Waals surface area contributed by atoms with E-state index in [9.17, 15) is 14.9 Å². The average molecular weight is 273 g/mol. The third kappa shape index (κ3) is 2.89. The number of aromatic nitrogens is 2. The molecule has 1 N–H and O–H groups in total. The first kappa shape index (κ1) is 13.5. The molecule has 1 heterocycles. The Morgan fingerprint density at radius 1 is 1.45 bits per heavy atom. The number of nitrogens with zero attached hydrogens (tertiary/aromatic N) is 3. The number of nitro groups is 1. The monoisotopic (exact) mass is 273 g/mol. The van der Waals surface area contributed by atoms with Crippen LogP contribution in [0, 0.1) is 17.0 Å². The number of hydrogen-bond donors (Lipinski definition) is 1. The van der Waals surface area contributed by atoms with E-state index in [1.165, 1.54) is 22.9 Å². The van der Waals surface area contributed by atoms with E-state index in [0.29, 0.717) is 11.3 Å². The Morgan fingerprint density at radius 3 is 2.75 bits per heavy atom. The molecule has 20 heavy (non-hydrogen) atoms. The molecule has 0 aliphatic heterocycles. The van der Waals surface area contributed by atoms with Crippen LogP contribution in [0.1, 0.15) is 11.3 Å². The zero-order chi connectivity index (χ0) is 14.7. The van der Waals surface area contributed by atoms with Gasteiger partial charge in [-0.3, -0.25) is 10.1 Å². The first-order valence-corrected chi connectivity index (χ1v) is 5.69. The molecule has 0 amide bonds. The van der Waals surface area contributed by atoms with Crippen molar-refractivity contribution in [2.75, 3.05) is 0 Å². The van der Waals surface area contributed by atoms with Crippen molar-refractivity contribution in [3.8, 4) is 5.69 Å². The standard InChI is InChI=1S/C13H11N3O4/c1-9-6-7-15(14-9)11-4-2-10(3-5-13(17)18)8-12(11)16(19)20/h2-8H,1H3,(H,17,18). The van der Waals surface area contributed by atoms with Gasteiger partial charge >= 0.3 is 5.97 Å². The molecule has 2 rings (SSSR count). The number of carboxylic acid groups (broad SMARTS) is 1. The zero-order valence-electron chi connectivity index (χ0n) is 10.6. The second-order valence-electron chi connectivity index (χ2n) is 4.08. The van der Waals surface area contributed by atoms with Crippen LogP contribution in [0.4, 0.5) is 5.69 Å². The Morgan fingerprint density at radius 2 is 2.20 bits per heavy atom. The van der Waals surface area contributed by atoms with Gasteiger partial charge in [-0.05, 0) is 30.7 Å². The topological polar surface area (TPSA) is 98.3 Å². The maximum absolute atomic E-state index is 11.1. The van der Waals surface area contributed by atoms with E-state index in [0.717, 1.165) is 11.8 Å². The molecule has 0 fully saturated rings. The van der Waals surface area contributed by atoms with Crippen molar-refractivity contribution in [2.24, 2.45) is 0 Å². The molecule has 102 valence electrons. The van der Waals surface area contributed by atoms with Crippen LogP contribution >= 0.6 is 0 Å². The number of carbonyl (C=O) groups is 1. The van der Waals surface area contributed by atoms with Gasteiger partial charge in [-0.2, -0.15) is 5.10 Å².